The van der Waals surface area contributed by atoms with E-state index in [0.717, 1.165) is 6.54 Å². The van der Waals surface area contributed by atoms with Crippen LogP contribution in [0.15, 0.2) is 12.3 Å². The molecule has 2 heterocycles. The molecule has 0 saturated carbocycles. The van der Waals surface area contributed by atoms with Crippen molar-refractivity contribution < 1.29 is 14.3 Å². The lowest BCUT2D eigenvalue weighted by molar-refractivity contribution is 0.0566. The SMILES string of the molecule is CCOC(=O)N1CCN(C(=O)c2ccnc(NCC(C)C)n2)CC1. The minimum atomic E-state index is -0.327. The summed E-state index contributed by atoms with van der Waals surface area (Å²) in [5.74, 6) is 0.775. The second-order valence-electron chi connectivity index (χ2n) is 6.02. The molecule has 0 bridgehead atoms. The molecule has 0 atom stereocenters. The van der Waals surface area contributed by atoms with Crippen LogP contribution in [0.2, 0.25) is 0 Å². The summed E-state index contributed by atoms with van der Waals surface area (Å²) in [6, 6.07) is 1.61. The van der Waals surface area contributed by atoms with Gasteiger partial charge in [-0.1, -0.05) is 13.8 Å². The number of carbonyl (C=O) groups excluding carboxylic acids is 2. The Morgan fingerprint density at radius 3 is 2.54 bits per heavy atom. The largest absolute Gasteiger partial charge is 0.450 e. The van der Waals surface area contributed by atoms with Gasteiger partial charge in [0.25, 0.3) is 5.91 Å². The van der Waals surface area contributed by atoms with Crippen LogP contribution in [0.1, 0.15) is 31.3 Å². The summed E-state index contributed by atoms with van der Waals surface area (Å²) in [6.07, 6.45) is 1.25. The summed E-state index contributed by atoms with van der Waals surface area (Å²) in [5, 5.41) is 3.12. The summed E-state index contributed by atoms with van der Waals surface area (Å²) in [5.41, 5.74) is 0.362. The average molecular weight is 335 g/mol. The highest BCUT2D eigenvalue weighted by atomic mass is 16.6. The summed E-state index contributed by atoms with van der Waals surface area (Å²) in [7, 11) is 0. The van der Waals surface area contributed by atoms with Crippen LogP contribution >= 0.6 is 0 Å². The Kier molecular flexibility index (Phi) is 6.34. The van der Waals surface area contributed by atoms with E-state index in [4.69, 9.17) is 4.74 Å². The van der Waals surface area contributed by atoms with Gasteiger partial charge in [0.1, 0.15) is 5.69 Å². The molecule has 0 spiro atoms. The number of ether oxygens (including phenoxy) is 1. The van der Waals surface area contributed by atoms with Crippen LogP contribution < -0.4 is 5.32 Å². The third-order valence-corrected chi connectivity index (χ3v) is 3.64. The lowest BCUT2D eigenvalue weighted by Gasteiger charge is -2.33. The molecular weight excluding hydrogens is 310 g/mol. The Hall–Kier alpha value is -2.38. The fraction of sp³-hybridized carbons (Fsp3) is 0.625. The molecule has 1 aliphatic rings. The van der Waals surface area contributed by atoms with Crippen molar-refractivity contribution in [3.05, 3.63) is 18.0 Å². The molecule has 132 valence electrons. The summed E-state index contributed by atoms with van der Waals surface area (Å²) in [4.78, 5) is 36.0. The Bertz CT molecular complexity index is 571. The standard InChI is InChI=1S/C16H25N5O3/c1-4-24-16(23)21-9-7-20(8-10-21)14(22)13-5-6-17-15(19-13)18-11-12(2)3/h5-6,12H,4,7-11H2,1-3H3,(H,17,18,19). The second-order valence-corrected chi connectivity index (χ2v) is 6.02. The molecule has 1 aliphatic heterocycles. The van der Waals surface area contributed by atoms with Crippen molar-refractivity contribution >= 4 is 17.9 Å². The van der Waals surface area contributed by atoms with Crippen LogP contribution in [0.3, 0.4) is 0 Å². The number of amides is 2. The predicted molar refractivity (Wildman–Crippen MR) is 89.9 cm³/mol. The summed E-state index contributed by atoms with van der Waals surface area (Å²) in [6.45, 7) is 8.92. The monoisotopic (exact) mass is 335 g/mol. The molecule has 2 amide bonds. The minimum Gasteiger partial charge on any atom is -0.450 e. The molecule has 24 heavy (non-hydrogen) atoms. The third kappa shape index (κ3) is 4.81. The predicted octanol–water partition coefficient (Wildman–Crippen LogP) is 1.46. The maximum absolute atomic E-state index is 12.6. The number of anilines is 1. The van der Waals surface area contributed by atoms with E-state index >= 15 is 0 Å². The highest BCUT2D eigenvalue weighted by Gasteiger charge is 2.26. The number of carbonyl (C=O) groups is 2. The van der Waals surface area contributed by atoms with E-state index < -0.39 is 0 Å². The van der Waals surface area contributed by atoms with Crippen molar-refractivity contribution in [2.24, 2.45) is 5.92 Å². The van der Waals surface area contributed by atoms with Crippen LogP contribution in [0.4, 0.5) is 10.7 Å². The lowest BCUT2D eigenvalue weighted by atomic mass is 10.2. The Balaban J connectivity index is 1.93. The van der Waals surface area contributed by atoms with Gasteiger partial charge in [0.15, 0.2) is 0 Å². The molecule has 1 N–H and O–H groups in total. The summed E-state index contributed by atoms with van der Waals surface area (Å²) >= 11 is 0. The summed E-state index contributed by atoms with van der Waals surface area (Å²) < 4.78 is 4.98. The van der Waals surface area contributed by atoms with Gasteiger partial charge in [-0.25, -0.2) is 14.8 Å². The second kappa shape index (κ2) is 8.47. The molecule has 0 aliphatic carbocycles. The molecule has 1 saturated heterocycles. The number of hydrogen-bond acceptors (Lipinski definition) is 6. The van der Waals surface area contributed by atoms with Crippen molar-refractivity contribution in [1.29, 1.82) is 0 Å². The lowest BCUT2D eigenvalue weighted by Crippen LogP contribution is -2.50. The first kappa shape index (κ1) is 18.0. The van der Waals surface area contributed by atoms with E-state index in [1.54, 1.807) is 29.0 Å². The van der Waals surface area contributed by atoms with E-state index in [-0.39, 0.29) is 12.0 Å². The average Bonchev–Trinajstić information content (AvgIpc) is 2.60. The first-order valence-electron chi connectivity index (χ1n) is 8.29. The van der Waals surface area contributed by atoms with Gasteiger partial charge in [-0.3, -0.25) is 4.79 Å². The Morgan fingerprint density at radius 2 is 1.92 bits per heavy atom. The maximum atomic E-state index is 12.6. The van der Waals surface area contributed by atoms with Gasteiger partial charge in [0.2, 0.25) is 5.95 Å². The van der Waals surface area contributed by atoms with E-state index in [1.807, 2.05) is 0 Å². The number of piperazine rings is 1. The molecule has 0 aromatic carbocycles. The first-order valence-corrected chi connectivity index (χ1v) is 8.29. The van der Waals surface area contributed by atoms with E-state index in [1.165, 1.54) is 0 Å². The maximum Gasteiger partial charge on any atom is 0.409 e. The van der Waals surface area contributed by atoms with Gasteiger partial charge >= 0.3 is 6.09 Å². The molecular formula is C16H25N5O3. The van der Waals surface area contributed by atoms with Crippen LogP contribution in [0.25, 0.3) is 0 Å². The topological polar surface area (TPSA) is 87.7 Å². The molecule has 0 radical (unpaired) electrons. The van der Waals surface area contributed by atoms with E-state index in [9.17, 15) is 9.59 Å². The van der Waals surface area contributed by atoms with Crippen molar-refractivity contribution in [3.8, 4) is 0 Å². The number of nitrogens with one attached hydrogen (secondary N) is 1. The third-order valence-electron chi connectivity index (χ3n) is 3.64. The molecule has 0 unspecified atom stereocenters. The number of rotatable bonds is 5. The number of aromatic nitrogens is 2. The van der Waals surface area contributed by atoms with Crippen molar-refractivity contribution in [3.63, 3.8) is 0 Å². The first-order chi connectivity index (χ1) is 11.5. The van der Waals surface area contributed by atoms with Gasteiger partial charge in [-0.15, -0.1) is 0 Å². The molecule has 8 heteroatoms. The molecule has 1 aromatic heterocycles. The number of hydrogen-bond donors (Lipinski definition) is 1. The quantitative estimate of drug-likeness (QED) is 0.876. The molecule has 2 rings (SSSR count). The highest BCUT2D eigenvalue weighted by molar-refractivity contribution is 5.92. The van der Waals surface area contributed by atoms with Gasteiger partial charge in [0.05, 0.1) is 6.61 Å². The van der Waals surface area contributed by atoms with Gasteiger partial charge in [0, 0.05) is 38.9 Å². The number of nitrogens with zero attached hydrogens (tertiary/aromatic N) is 4. The van der Waals surface area contributed by atoms with Crippen LogP contribution in [0, 0.1) is 5.92 Å². The van der Waals surface area contributed by atoms with Crippen molar-refractivity contribution in [2.75, 3.05) is 44.6 Å². The minimum absolute atomic E-state index is 0.145. The van der Waals surface area contributed by atoms with E-state index in [2.05, 4.69) is 29.1 Å². The zero-order valence-corrected chi connectivity index (χ0v) is 14.5. The Labute approximate surface area is 142 Å². The van der Waals surface area contributed by atoms with Crippen LogP contribution in [-0.2, 0) is 4.74 Å². The zero-order valence-electron chi connectivity index (χ0n) is 14.5. The Morgan fingerprint density at radius 1 is 1.25 bits per heavy atom. The molecule has 1 aromatic rings. The molecule has 8 nitrogen and oxygen atoms in total. The smallest absolute Gasteiger partial charge is 0.409 e. The van der Waals surface area contributed by atoms with Gasteiger partial charge in [-0.2, -0.15) is 0 Å². The fourth-order valence-electron chi connectivity index (χ4n) is 2.33. The van der Waals surface area contributed by atoms with Gasteiger partial charge < -0.3 is 19.9 Å². The van der Waals surface area contributed by atoms with Crippen LogP contribution in [-0.4, -0.2) is 71.1 Å². The molecule has 1 fully saturated rings. The fourth-order valence-corrected chi connectivity index (χ4v) is 2.33. The highest BCUT2D eigenvalue weighted by Crippen LogP contribution is 2.10. The van der Waals surface area contributed by atoms with Crippen LogP contribution in [0.5, 0.6) is 0 Å². The normalized spacial score (nSPS) is 14.7. The van der Waals surface area contributed by atoms with E-state index in [0.29, 0.717) is 50.3 Å². The van der Waals surface area contributed by atoms with Crippen molar-refractivity contribution in [2.45, 2.75) is 20.8 Å². The van der Waals surface area contributed by atoms with Crippen molar-refractivity contribution in [1.82, 2.24) is 19.8 Å². The van der Waals surface area contributed by atoms with Gasteiger partial charge in [-0.05, 0) is 18.9 Å². The zero-order chi connectivity index (χ0) is 17.5.